The number of unbranched alkanes of at least 4 members (excludes halogenated alkanes) is 7. The van der Waals surface area contributed by atoms with E-state index in [2.05, 4.69) is 13.8 Å². The van der Waals surface area contributed by atoms with Crippen LogP contribution in [0.3, 0.4) is 0 Å². The summed E-state index contributed by atoms with van der Waals surface area (Å²) in [5.41, 5.74) is 0. The van der Waals surface area contributed by atoms with Crippen LogP contribution < -0.4 is 0 Å². The number of carbonyl (C=O) groups excluding carboxylic acids is 1. The molecule has 3 heteroatoms. The molecule has 0 bridgehead atoms. The SMILES string of the molecule is CCCCCCCCCCC(CC)OC(=O)c1ccco1. The van der Waals surface area contributed by atoms with Gasteiger partial charge in [0.15, 0.2) is 0 Å². The Morgan fingerprint density at radius 3 is 2.33 bits per heavy atom. The second-order valence-electron chi connectivity index (χ2n) is 5.68. The number of carbonyl (C=O) groups is 1. The Balaban J connectivity index is 2.07. The number of hydrogen-bond acceptors (Lipinski definition) is 3. The maximum Gasteiger partial charge on any atom is 0.374 e. The van der Waals surface area contributed by atoms with Gasteiger partial charge in [0.2, 0.25) is 5.76 Å². The van der Waals surface area contributed by atoms with Gasteiger partial charge in [0.25, 0.3) is 0 Å². The second kappa shape index (κ2) is 11.4. The molecule has 1 atom stereocenters. The monoisotopic (exact) mass is 294 g/mol. The lowest BCUT2D eigenvalue weighted by Gasteiger charge is -2.15. The van der Waals surface area contributed by atoms with Gasteiger partial charge in [-0.2, -0.15) is 0 Å². The minimum absolute atomic E-state index is 0.0164. The molecule has 0 saturated heterocycles. The van der Waals surface area contributed by atoms with Crippen molar-refractivity contribution < 1.29 is 13.9 Å². The van der Waals surface area contributed by atoms with Crippen molar-refractivity contribution in [2.24, 2.45) is 0 Å². The number of hydrogen-bond donors (Lipinski definition) is 0. The van der Waals surface area contributed by atoms with Gasteiger partial charge in [0.05, 0.1) is 6.26 Å². The predicted molar refractivity (Wildman–Crippen MR) is 85.4 cm³/mol. The molecule has 0 aromatic carbocycles. The van der Waals surface area contributed by atoms with Crippen LogP contribution in [0.4, 0.5) is 0 Å². The van der Waals surface area contributed by atoms with E-state index in [1.807, 2.05) is 0 Å². The fourth-order valence-electron chi connectivity index (χ4n) is 2.46. The molecule has 0 aliphatic heterocycles. The first-order valence-corrected chi connectivity index (χ1v) is 8.52. The van der Waals surface area contributed by atoms with E-state index in [0.29, 0.717) is 5.76 Å². The number of furan rings is 1. The van der Waals surface area contributed by atoms with E-state index in [4.69, 9.17) is 9.15 Å². The molecule has 3 nitrogen and oxygen atoms in total. The molecular weight excluding hydrogens is 264 g/mol. The van der Waals surface area contributed by atoms with Crippen molar-refractivity contribution in [1.82, 2.24) is 0 Å². The van der Waals surface area contributed by atoms with E-state index >= 15 is 0 Å². The molecule has 0 N–H and O–H groups in total. The molecule has 1 aromatic rings. The van der Waals surface area contributed by atoms with Gasteiger partial charge in [-0.3, -0.25) is 0 Å². The predicted octanol–water partition coefficient (Wildman–Crippen LogP) is 5.75. The Labute approximate surface area is 129 Å². The van der Waals surface area contributed by atoms with E-state index in [-0.39, 0.29) is 12.1 Å². The lowest BCUT2D eigenvalue weighted by atomic mass is 10.0. The van der Waals surface area contributed by atoms with Crippen molar-refractivity contribution in [1.29, 1.82) is 0 Å². The van der Waals surface area contributed by atoms with Crippen molar-refractivity contribution in [3.8, 4) is 0 Å². The normalized spacial score (nSPS) is 12.3. The molecule has 1 aromatic heterocycles. The standard InChI is InChI=1S/C18H30O3/c1-3-5-6-7-8-9-10-11-13-16(4-2)21-18(19)17-14-12-15-20-17/h12,14-16H,3-11,13H2,1-2H3. The first kappa shape index (κ1) is 17.8. The Hall–Kier alpha value is -1.25. The molecule has 0 aliphatic rings. The van der Waals surface area contributed by atoms with Gasteiger partial charge in [-0.15, -0.1) is 0 Å². The highest BCUT2D eigenvalue weighted by Gasteiger charge is 2.16. The first-order valence-electron chi connectivity index (χ1n) is 8.52. The van der Waals surface area contributed by atoms with Crippen LogP contribution >= 0.6 is 0 Å². The van der Waals surface area contributed by atoms with Crippen LogP contribution in [0.1, 0.15) is 88.6 Å². The van der Waals surface area contributed by atoms with Crippen molar-refractivity contribution in [3.63, 3.8) is 0 Å². The van der Waals surface area contributed by atoms with Crippen LogP contribution in [0.5, 0.6) is 0 Å². The van der Waals surface area contributed by atoms with Gasteiger partial charge in [-0.25, -0.2) is 4.79 Å². The largest absolute Gasteiger partial charge is 0.457 e. The zero-order chi connectivity index (χ0) is 15.3. The molecule has 0 radical (unpaired) electrons. The maximum atomic E-state index is 11.8. The first-order chi connectivity index (χ1) is 10.3. The zero-order valence-corrected chi connectivity index (χ0v) is 13.6. The van der Waals surface area contributed by atoms with Crippen LogP contribution in [0.25, 0.3) is 0 Å². The summed E-state index contributed by atoms with van der Waals surface area (Å²) in [6, 6.07) is 3.35. The van der Waals surface area contributed by atoms with Gasteiger partial charge in [0.1, 0.15) is 6.10 Å². The molecule has 0 saturated carbocycles. The summed E-state index contributed by atoms with van der Waals surface area (Å²) in [4.78, 5) is 11.8. The highest BCUT2D eigenvalue weighted by Crippen LogP contribution is 2.15. The molecule has 1 heterocycles. The molecule has 21 heavy (non-hydrogen) atoms. The van der Waals surface area contributed by atoms with Crippen LogP contribution in [0, 0.1) is 0 Å². The Morgan fingerprint density at radius 1 is 1.10 bits per heavy atom. The van der Waals surface area contributed by atoms with Gasteiger partial charge >= 0.3 is 5.97 Å². The van der Waals surface area contributed by atoms with Crippen molar-refractivity contribution in [3.05, 3.63) is 24.2 Å². The van der Waals surface area contributed by atoms with E-state index in [1.54, 1.807) is 12.1 Å². The lowest BCUT2D eigenvalue weighted by Crippen LogP contribution is -2.17. The third kappa shape index (κ3) is 7.93. The Morgan fingerprint density at radius 2 is 1.76 bits per heavy atom. The number of rotatable bonds is 12. The minimum Gasteiger partial charge on any atom is -0.457 e. The number of ether oxygens (including phenoxy) is 1. The zero-order valence-electron chi connectivity index (χ0n) is 13.6. The molecule has 0 aliphatic carbocycles. The van der Waals surface area contributed by atoms with Crippen molar-refractivity contribution in [2.45, 2.75) is 84.2 Å². The molecule has 1 rings (SSSR count). The average Bonchev–Trinajstić information content (AvgIpc) is 3.03. The van der Waals surface area contributed by atoms with Gasteiger partial charge in [0, 0.05) is 0 Å². The van der Waals surface area contributed by atoms with Gasteiger partial charge in [-0.1, -0.05) is 58.8 Å². The third-order valence-corrected chi connectivity index (χ3v) is 3.83. The van der Waals surface area contributed by atoms with E-state index in [1.165, 1.54) is 51.2 Å². The smallest absolute Gasteiger partial charge is 0.374 e. The molecule has 1 unspecified atom stereocenters. The summed E-state index contributed by atoms with van der Waals surface area (Å²) in [6.07, 6.45) is 13.7. The van der Waals surface area contributed by atoms with Crippen LogP contribution in [-0.2, 0) is 4.74 Å². The van der Waals surface area contributed by atoms with Crippen LogP contribution in [0.2, 0.25) is 0 Å². The van der Waals surface area contributed by atoms with Crippen LogP contribution in [-0.4, -0.2) is 12.1 Å². The van der Waals surface area contributed by atoms with Crippen LogP contribution in [0.15, 0.2) is 22.8 Å². The van der Waals surface area contributed by atoms with E-state index in [0.717, 1.165) is 19.3 Å². The van der Waals surface area contributed by atoms with E-state index in [9.17, 15) is 4.79 Å². The summed E-state index contributed by atoms with van der Waals surface area (Å²) >= 11 is 0. The summed E-state index contributed by atoms with van der Waals surface area (Å²) in [7, 11) is 0. The van der Waals surface area contributed by atoms with Gasteiger partial charge < -0.3 is 9.15 Å². The third-order valence-electron chi connectivity index (χ3n) is 3.83. The molecular formula is C18H30O3. The second-order valence-corrected chi connectivity index (χ2v) is 5.68. The molecule has 0 spiro atoms. The van der Waals surface area contributed by atoms with E-state index < -0.39 is 0 Å². The minimum atomic E-state index is -0.341. The quantitative estimate of drug-likeness (QED) is 0.364. The summed E-state index contributed by atoms with van der Waals surface area (Å²) in [5, 5.41) is 0. The van der Waals surface area contributed by atoms with Gasteiger partial charge in [-0.05, 0) is 31.4 Å². The maximum absolute atomic E-state index is 11.8. The number of esters is 1. The summed E-state index contributed by atoms with van der Waals surface area (Å²) in [5.74, 6) is -0.0456. The van der Waals surface area contributed by atoms with Crippen molar-refractivity contribution >= 4 is 5.97 Å². The average molecular weight is 294 g/mol. The Kier molecular flexibility index (Phi) is 9.68. The fraction of sp³-hybridized carbons (Fsp3) is 0.722. The molecule has 0 fully saturated rings. The highest BCUT2D eigenvalue weighted by molar-refractivity contribution is 5.86. The fourth-order valence-corrected chi connectivity index (χ4v) is 2.46. The summed E-state index contributed by atoms with van der Waals surface area (Å²) < 4.78 is 10.5. The molecule has 0 amide bonds. The highest BCUT2D eigenvalue weighted by atomic mass is 16.6. The van der Waals surface area contributed by atoms with Crippen molar-refractivity contribution in [2.75, 3.05) is 0 Å². The topological polar surface area (TPSA) is 39.4 Å². The Bertz CT molecular complexity index is 357. The lowest BCUT2D eigenvalue weighted by molar-refractivity contribution is 0.0232. The summed E-state index contributed by atoms with van der Waals surface area (Å²) in [6.45, 7) is 4.31. The molecule has 120 valence electrons.